The Morgan fingerprint density at radius 3 is 2.41 bits per heavy atom. The Bertz CT molecular complexity index is 1000. The summed E-state index contributed by atoms with van der Waals surface area (Å²) in [5.74, 6) is -1.56. The van der Waals surface area contributed by atoms with Gasteiger partial charge in [0.1, 0.15) is 6.54 Å². The molecule has 0 aliphatic rings. The number of carbonyl (C=O) groups is 3. The van der Waals surface area contributed by atoms with Gasteiger partial charge in [0.05, 0.1) is 4.90 Å². The van der Waals surface area contributed by atoms with Crippen molar-refractivity contribution in [1.29, 1.82) is 0 Å². The Morgan fingerprint density at radius 2 is 1.72 bits per heavy atom. The van der Waals surface area contributed by atoms with Gasteiger partial charge in [-0.25, -0.2) is 13.2 Å². The number of esters is 1. The van der Waals surface area contributed by atoms with Crippen molar-refractivity contribution in [3.05, 3.63) is 42.5 Å². The molecule has 156 valence electrons. The Morgan fingerprint density at radius 1 is 1.03 bits per heavy atom. The minimum Gasteiger partial charge on any atom is -0.455 e. The molecule has 2 rings (SSSR count). The summed E-state index contributed by atoms with van der Waals surface area (Å²) in [6, 6.07) is 11.1. The molecule has 3 N–H and O–H groups in total. The van der Waals surface area contributed by atoms with Crippen LogP contribution in [0.1, 0.15) is 13.8 Å². The van der Waals surface area contributed by atoms with Gasteiger partial charge in [-0.2, -0.15) is 4.72 Å². The molecule has 0 bridgehead atoms. The van der Waals surface area contributed by atoms with Crippen molar-refractivity contribution in [2.75, 3.05) is 19.7 Å². The van der Waals surface area contributed by atoms with E-state index in [-0.39, 0.29) is 10.8 Å². The molecule has 0 heterocycles. The largest absolute Gasteiger partial charge is 0.455 e. The van der Waals surface area contributed by atoms with Crippen molar-refractivity contribution >= 4 is 38.7 Å². The fourth-order valence-electron chi connectivity index (χ4n) is 2.27. The average Bonchev–Trinajstić information content (AvgIpc) is 2.69. The maximum atomic E-state index is 12.3. The van der Waals surface area contributed by atoms with Crippen molar-refractivity contribution in [3.8, 4) is 0 Å². The molecule has 10 heteroatoms. The van der Waals surface area contributed by atoms with Gasteiger partial charge in [-0.1, -0.05) is 44.2 Å². The summed E-state index contributed by atoms with van der Waals surface area (Å²) < 4.78 is 31.5. The number of hydrogen-bond donors (Lipinski definition) is 3. The molecule has 0 unspecified atom stereocenters. The first-order valence-electron chi connectivity index (χ1n) is 8.89. The maximum Gasteiger partial charge on any atom is 0.321 e. The quantitative estimate of drug-likeness (QED) is 0.548. The van der Waals surface area contributed by atoms with Crippen molar-refractivity contribution in [3.63, 3.8) is 0 Å². The number of imide groups is 1. The molecule has 9 nitrogen and oxygen atoms in total. The highest BCUT2D eigenvalue weighted by Gasteiger charge is 2.17. The highest BCUT2D eigenvalue weighted by molar-refractivity contribution is 7.89. The van der Waals surface area contributed by atoms with Gasteiger partial charge in [-0.05, 0) is 28.8 Å². The molecule has 0 radical (unpaired) electrons. The third-order valence-electron chi connectivity index (χ3n) is 3.73. The van der Waals surface area contributed by atoms with Gasteiger partial charge in [0.25, 0.3) is 5.91 Å². The summed E-state index contributed by atoms with van der Waals surface area (Å²) in [5, 5.41) is 6.10. The number of rotatable bonds is 8. The lowest BCUT2D eigenvalue weighted by Gasteiger charge is -2.10. The van der Waals surface area contributed by atoms with Crippen molar-refractivity contribution in [1.82, 2.24) is 15.4 Å². The van der Waals surface area contributed by atoms with Crippen LogP contribution in [0.5, 0.6) is 0 Å². The minimum atomic E-state index is -3.94. The van der Waals surface area contributed by atoms with Crippen LogP contribution >= 0.6 is 0 Å². The number of sulfonamides is 1. The van der Waals surface area contributed by atoms with Crippen LogP contribution in [0.4, 0.5) is 4.79 Å². The van der Waals surface area contributed by atoms with E-state index < -0.39 is 41.1 Å². The van der Waals surface area contributed by atoms with Gasteiger partial charge in [0.2, 0.25) is 10.0 Å². The SMILES string of the molecule is CC(C)CNC(=O)NC(=O)COC(=O)CNS(=O)(=O)c1ccc2ccccc2c1. The molecule has 29 heavy (non-hydrogen) atoms. The van der Waals surface area contributed by atoms with Crippen LogP contribution in [-0.2, 0) is 24.3 Å². The van der Waals surface area contributed by atoms with Crippen molar-refractivity contribution < 1.29 is 27.5 Å². The third kappa shape index (κ3) is 7.16. The van der Waals surface area contributed by atoms with E-state index in [4.69, 9.17) is 0 Å². The second-order valence-electron chi connectivity index (χ2n) is 6.65. The van der Waals surface area contributed by atoms with Crippen LogP contribution in [0.15, 0.2) is 47.4 Å². The van der Waals surface area contributed by atoms with E-state index in [0.29, 0.717) is 6.54 Å². The van der Waals surface area contributed by atoms with E-state index in [1.807, 2.05) is 31.3 Å². The molecule has 0 saturated carbocycles. The minimum absolute atomic E-state index is 0.00330. The van der Waals surface area contributed by atoms with Crippen LogP contribution in [0.25, 0.3) is 10.8 Å². The van der Waals surface area contributed by atoms with Gasteiger partial charge < -0.3 is 10.1 Å². The van der Waals surface area contributed by atoms with Gasteiger partial charge in [-0.15, -0.1) is 0 Å². The Balaban J connectivity index is 1.81. The second kappa shape index (κ2) is 9.99. The lowest BCUT2D eigenvalue weighted by molar-refractivity contribution is -0.147. The van der Waals surface area contributed by atoms with Crippen LogP contribution in [0.2, 0.25) is 0 Å². The van der Waals surface area contributed by atoms with E-state index in [1.54, 1.807) is 18.2 Å². The number of urea groups is 1. The van der Waals surface area contributed by atoms with Gasteiger partial charge >= 0.3 is 12.0 Å². The first-order valence-corrected chi connectivity index (χ1v) is 10.4. The summed E-state index contributed by atoms with van der Waals surface area (Å²) in [6.45, 7) is 2.81. The second-order valence-corrected chi connectivity index (χ2v) is 8.41. The van der Waals surface area contributed by atoms with Gasteiger partial charge in [0.15, 0.2) is 6.61 Å². The van der Waals surface area contributed by atoms with Crippen molar-refractivity contribution in [2.24, 2.45) is 5.92 Å². The van der Waals surface area contributed by atoms with E-state index in [1.165, 1.54) is 12.1 Å². The summed E-state index contributed by atoms with van der Waals surface area (Å²) >= 11 is 0. The molecule has 3 amide bonds. The van der Waals surface area contributed by atoms with Crippen LogP contribution in [0, 0.1) is 5.92 Å². The molecule has 0 aliphatic heterocycles. The summed E-state index contributed by atoms with van der Waals surface area (Å²) in [6.07, 6.45) is 0. The molecule has 0 aromatic heterocycles. The first kappa shape index (κ1) is 22.3. The summed E-state index contributed by atoms with van der Waals surface area (Å²) in [5.41, 5.74) is 0. The summed E-state index contributed by atoms with van der Waals surface area (Å²) in [4.78, 5) is 34.7. The Hall–Kier alpha value is -2.98. The van der Waals surface area contributed by atoms with E-state index in [9.17, 15) is 22.8 Å². The Kier molecular flexibility index (Phi) is 7.68. The fraction of sp³-hybridized carbons (Fsp3) is 0.316. The molecular formula is C19H23N3O6S. The third-order valence-corrected chi connectivity index (χ3v) is 5.12. The number of ether oxygens (including phenoxy) is 1. The van der Waals surface area contributed by atoms with Gasteiger partial charge in [-0.3, -0.25) is 14.9 Å². The standard InChI is InChI=1S/C19H23N3O6S/c1-13(2)10-20-19(25)22-17(23)12-28-18(24)11-21-29(26,27)16-8-7-14-5-3-4-6-15(14)9-16/h3-9,13,21H,10-12H2,1-2H3,(H2,20,22,23,25). The zero-order valence-electron chi connectivity index (χ0n) is 16.1. The van der Waals surface area contributed by atoms with E-state index in [2.05, 4.69) is 14.8 Å². The topological polar surface area (TPSA) is 131 Å². The Labute approximate surface area is 168 Å². The molecule has 2 aromatic carbocycles. The van der Waals surface area contributed by atoms with Gasteiger partial charge in [0, 0.05) is 6.54 Å². The van der Waals surface area contributed by atoms with Crippen LogP contribution in [-0.4, -0.2) is 46.0 Å². The fourth-order valence-corrected chi connectivity index (χ4v) is 3.28. The number of fused-ring (bicyclic) bond motifs is 1. The van der Waals surface area contributed by atoms with Crippen LogP contribution < -0.4 is 15.4 Å². The molecule has 0 saturated heterocycles. The predicted molar refractivity (Wildman–Crippen MR) is 106 cm³/mol. The number of amides is 3. The smallest absolute Gasteiger partial charge is 0.321 e. The predicted octanol–water partition coefficient (Wildman–Crippen LogP) is 1.14. The molecule has 0 spiro atoms. The summed E-state index contributed by atoms with van der Waals surface area (Å²) in [7, 11) is -3.94. The highest BCUT2D eigenvalue weighted by Crippen LogP contribution is 2.18. The molecule has 2 aromatic rings. The zero-order chi connectivity index (χ0) is 21.4. The number of nitrogens with one attached hydrogen (secondary N) is 3. The maximum absolute atomic E-state index is 12.3. The van der Waals surface area contributed by atoms with E-state index >= 15 is 0 Å². The van der Waals surface area contributed by atoms with Crippen molar-refractivity contribution in [2.45, 2.75) is 18.7 Å². The average molecular weight is 421 g/mol. The molecule has 0 atom stereocenters. The van der Waals surface area contributed by atoms with E-state index in [0.717, 1.165) is 10.8 Å². The lowest BCUT2D eigenvalue weighted by atomic mass is 10.1. The zero-order valence-corrected chi connectivity index (χ0v) is 16.9. The number of hydrogen-bond acceptors (Lipinski definition) is 6. The highest BCUT2D eigenvalue weighted by atomic mass is 32.2. The number of benzene rings is 2. The first-order chi connectivity index (χ1) is 13.7. The number of carbonyl (C=O) groups excluding carboxylic acids is 3. The van der Waals surface area contributed by atoms with Crippen LogP contribution in [0.3, 0.4) is 0 Å². The molecule has 0 fully saturated rings. The molecule has 0 aliphatic carbocycles. The normalized spacial score (nSPS) is 11.3. The molecular weight excluding hydrogens is 398 g/mol. The lowest BCUT2D eigenvalue weighted by Crippen LogP contribution is -2.43. The monoisotopic (exact) mass is 421 g/mol.